The van der Waals surface area contributed by atoms with Gasteiger partial charge in [-0.1, -0.05) is 18.2 Å². The number of amides is 1. The topological polar surface area (TPSA) is 74.0 Å². The molecule has 2 heterocycles. The summed E-state index contributed by atoms with van der Waals surface area (Å²) in [6.45, 7) is 9.03. The van der Waals surface area contributed by atoms with Crippen LogP contribution in [0.15, 0.2) is 42.7 Å². The predicted octanol–water partition coefficient (Wildman–Crippen LogP) is 3.24. The fraction of sp³-hybridized carbons (Fsp3) is 0.350. The van der Waals surface area contributed by atoms with Crippen molar-refractivity contribution in [2.24, 2.45) is 0 Å². The second-order valence-electron chi connectivity index (χ2n) is 6.48. The van der Waals surface area contributed by atoms with Gasteiger partial charge in [-0.25, -0.2) is 4.68 Å². The first kappa shape index (κ1) is 18.7. The lowest BCUT2D eigenvalue weighted by Crippen LogP contribution is -2.27. The van der Waals surface area contributed by atoms with Crippen molar-refractivity contribution >= 4 is 5.91 Å². The highest BCUT2D eigenvalue weighted by Crippen LogP contribution is 2.18. The molecule has 0 saturated heterocycles. The van der Waals surface area contributed by atoms with Crippen LogP contribution < -0.4 is 10.1 Å². The Labute approximate surface area is 159 Å². The summed E-state index contributed by atoms with van der Waals surface area (Å²) in [4.78, 5) is 12.5. The van der Waals surface area contributed by atoms with Gasteiger partial charge in [-0.05, 0) is 45.4 Å². The molecule has 0 bridgehead atoms. The molecule has 27 heavy (non-hydrogen) atoms. The van der Waals surface area contributed by atoms with E-state index >= 15 is 0 Å². The molecule has 7 heteroatoms. The number of benzene rings is 1. The average molecular weight is 367 g/mol. The van der Waals surface area contributed by atoms with Gasteiger partial charge in [0.05, 0.1) is 12.2 Å². The summed E-state index contributed by atoms with van der Waals surface area (Å²) in [5, 5.41) is 11.6. The molecule has 0 fully saturated rings. The molecule has 0 aliphatic heterocycles. The Morgan fingerprint density at radius 2 is 2.04 bits per heavy atom. The molecule has 3 aromatic rings. The van der Waals surface area contributed by atoms with Crippen LogP contribution >= 0.6 is 0 Å². The molecule has 0 aliphatic carbocycles. The maximum absolute atomic E-state index is 12.5. The molecule has 142 valence electrons. The summed E-state index contributed by atoms with van der Waals surface area (Å²) in [7, 11) is 0. The highest BCUT2D eigenvalue weighted by Gasteiger charge is 2.17. The van der Waals surface area contributed by atoms with Gasteiger partial charge in [0.2, 0.25) is 0 Å². The molecule has 0 spiro atoms. The van der Waals surface area contributed by atoms with Crippen molar-refractivity contribution in [2.75, 3.05) is 0 Å². The van der Waals surface area contributed by atoms with E-state index in [9.17, 15) is 4.79 Å². The van der Waals surface area contributed by atoms with Crippen LogP contribution in [-0.4, -0.2) is 25.5 Å². The van der Waals surface area contributed by atoms with E-state index in [2.05, 4.69) is 15.5 Å². The van der Waals surface area contributed by atoms with E-state index < -0.39 is 0 Å². The number of ether oxygens (including phenoxy) is 1. The number of nitrogens with zero attached hydrogens (tertiary/aromatic N) is 4. The molecule has 1 unspecified atom stereocenters. The summed E-state index contributed by atoms with van der Waals surface area (Å²) in [6, 6.07) is 9.33. The molecule has 1 atom stereocenters. The third-order valence-electron chi connectivity index (χ3n) is 4.57. The Morgan fingerprint density at radius 1 is 1.26 bits per heavy atom. The number of nitrogens with one attached hydrogen (secondary N) is 1. The van der Waals surface area contributed by atoms with Crippen LogP contribution in [0.1, 0.15) is 47.2 Å². The van der Waals surface area contributed by atoms with E-state index in [0.717, 1.165) is 29.1 Å². The fourth-order valence-corrected chi connectivity index (χ4v) is 2.96. The number of carbonyl (C=O) groups is 1. The van der Waals surface area contributed by atoms with Gasteiger partial charge >= 0.3 is 0 Å². The van der Waals surface area contributed by atoms with Gasteiger partial charge in [-0.3, -0.25) is 9.48 Å². The van der Waals surface area contributed by atoms with E-state index in [1.807, 2.05) is 56.6 Å². The largest absolute Gasteiger partial charge is 0.471 e. The minimum atomic E-state index is -0.221. The molecule has 3 rings (SSSR count). The standard InChI is InChI=1S/C20H25N5O2/c1-5-25-16(4)17(12-21-25)15(3)22-20(26)18-10-11-24(23-18)13-27-19-9-7-6-8-14(19)2/h6-12,15H,5,13H2,1-4H3,(H,22,26). The molecule has 2 aromatic heterocycles. The second kappa shape index (κ2) is 8.07. The Hall–Kier alpha value is -3.09. The predicted molar refractivity (Wildman–Crippen MR) is 103 cm³/mol. The van der Waals surface area contributed by atoms with E-state index in [0.29, 0.717) is 5.69 Å². The van der Waals surface area contributed by atoms with Crippen molar-refractivity contribution in [1.82, 2.24) is 24.9 Å². The number of aromatic nitrogens is 4. The van der Waals surface area contributed by atoms with Crippen LogP contribution in [0.5, 0.6) is 5.75 Å². The van der Waals surface area contributed by atoms with Gasteiger partial charge in [0.25, 0.3) is 5.91 Å². The summed E-state index contributed by atoms with van der Waals surface area (Å²) in [5.74, 6) is 0.580. The van der Waals surface area contributed by atoms with Gasteiger partial charge in [0.1, 0.15) is 11.4 Å². The van der Waals surface area contributed by atoms with E-state index in [-0.39, 0.29) is 18.7 Å². The van der Waals surface area contributed by atoms with Crippen molar-refractivity contribution in [1.29, 1.82) is 0 Å². The fourth-order valence-electron chi connectivity index (χ4n) is 2.96. The number of rotatable bonds is 7. The molecular weight excluding hydrogens is 342 g/mol. The zero-order valence-corrected chi connectivity index (χ0v) is 16.1. The van der Waals surface area contributed by atoms with E-state index in [1.54, 1.807) is 23.1 Å². The molecule has 1 aromatic carbocycles. The molecule has 0 radical (unpaired) electrons. The van der Waals surface area contributed by atoms with Crippen molar-refractivity contribution < 1.29 is 9.53 Å². The third kappa shape index (κ3) is 4.19. The minimum absolute atomic E-state index is 0.147. The van der Waals surface area contributed by atoms with Crippen LogP contribution in [0.2, 0.25) is 0 Å². The van der Waals surface area contributed by atoms with Crippen LogP contribution in [0, 0.1) is 13.8 Å². The Bertz CT molecular complexity index is 928. The maximum Gasteiger partial charge on any atom is 0.272 e. The van der Waals surface area contributed by atoms with Gasteiger partial charge in [0, 0.05) is 24.0 Å². The lowest BCUT2D eigenvalue weighted by molar-refractivity contribution is 0.0932. The number of para-hydroxylation sites is 1. The van der Waals surface area contributed by atoms with Gasteiger partial charge in [0.15, 0.2) is 6.73 Å². The smallest absolute Gasteiger partial charge is 0.272 e. The van der Waals surface area contributed by atoms with Crippen molar-refractivity contribution in [2.45, 2.75) is 47.0 Å². The highest BCUT2D eigenvalue weighted by atomic mass is 16.5. The molecule has 0 saturated carbocycles. The quantitative estimate of drug-likeness (QED) is 0.696. The van der Waals surface area contributed by atoms with Gasteiger partial charge < -0.3 is 10.1 Å². The Balaban J connectivity index is 1.61. The molecule has 1 amide bonds. The second-order valence-corrected chi connectivity index (χ2v) is 6.48. The number of hydrogen-bond donors (Lipinski definition) is 1. The lowest BCUT2D eigenvalue weighted by atomic mass is 10.1. The first-order valence-electron chi connectivity index (χ1n) is 9.04. The summed E-state index contributed by atoms with van der Waals surface area (Å²) in [6.07, 6.45) is 3.54. The zero-order valence-electron chi connectivity index (χ0n) is 16.1. The maximum atomic E-state index is 12.5. The van der Waals surface area contributed by atoms with Crippen molar-refractivity contribution in [3.63, 3.8) is 0 Å². The number of aryl methyl sites for hydroxylation is 2. The lowest BCUT2D eigenvalue weighted by Gasteiger charge is -2.13. The molecule has 0 aliphatic rings. The molecule has 1 N–H and O–H groups in total. The average Bonchev–Trinajstić information content (AvgIpc) is 3.27. The monoisotopic (exact) mass is 367 g/mol. The van der Waals surface area contributed by atoms with E-state index in [4.69, 9.17) is 4.74 Å². The minimum Gasteiger partial charge on any atom is -0.471 e. The van der Waals surface area contributed by atoms with Crippen molar-refractivity contribution in [3.05, 3.63) is 65.2 Å². The normalized spacial score (nSPS) is 12.0. The zero-order chi connectivity index (χ0) is 19.4. The third-order valence-corrected chi connectivity index (χ3v) is 4.57. The van der Waals surface area contributed by atoms with Gasteiger partial charge in [-0.2, -0.15) is 10.2 Å². The van der Waals surface area contributed by atoms with E-state index in [1.165, 1.54) is 0 Å². The van der Waals surface area contributed by atoms with Crippen LogP contribution in [0.4, 0.5) is 0 Å². The van der Waals surface area contributed by atoms with Crippen LogP contribution in [-0.2, 0) is 13.3 Å². The number of hydrogen-bond acceptors (Lipinski definition) is 4. The molecule has 7 nitrogen and oxygen atoms in total. The summed E-state index contributed by atoms with van der Waals surface area (Å²) >= 11 is 0. The first-order valence-corrected chi connectivity index (χ1v) is 9.04. The molecular formula is C20H25N5O2. The Kier molecular flexibility index (Phi) is 5.59. The van der Waals surface area contributed by atoms with Crippen molar-refractivity contribution in [3.8, 4) is 5.75 Å². The summed E-state index contributed by atoms with van der Waals surface area (Å²) in [5.41, 5.74) is 3.48. The number of carbonyl (C=O) groups excluding carboxylic acids is 1. The highest BCUT2D eigenvalue weighted by molar-refractivity contribution is 5.92. The first-order chi connectivity index (χ1) is 13.0. The van der Waals surface area contributed by atoms with Crippen LogP contribution in [0.3, 0.4) is 0 Å². The Morgan fingerprint density at radius 3 is 2.74 bits per heavy atom. The SMILES string of the molecule is CCn1ncc(C(C)NC(=O)c2ccn(COc3ccccc3C)n2)c1C. The summed E-state index contributed by atoms with van der Waals surface area (Å²) < 4.78 is 9.27. The van der Waals surface area contributed by atoms with Gasteiger partial charge in [-0.15, -0.1) is 0 Å². The van der Waals surface area contributed by atoms with Crippen LogP contribution in [0.25, 0.3) is 0 Å².